The first-order valence-corrected chi connectivity index (χ1v) is 11.1. The van der Waals surface area contributed by atoms with Gasteiger partial charge in [-0.2, -0.15) is 0 Å². The summed E-state index contributed by atoms with van der Waals surface area (Å²) in [5.74, 6) is 1.22. The topological polar surface area (TPSA) is 36.9 Å². The predicted molar refractivity (Wildman–Crippen MR) is 94.7 cm³/mol. The van der Waals surface area contributed by atoms with Crippen LogP contribution in [0.3, 0.4) is 0 Å². The van der Waals surface area contributed by atoms with Crippen LogP contribution in [0.5, 0.6) is 11.5 Å². The molecular weight excluding hydrogens is 308 g/mol. The van der Waals surface area contributed by atoms with Gasteiger partial charge in [-0.15, -0.1) is 0 Å². The molecule has 0 spiro atoms. The molecule has 5 heteroatoms. The standard InChI is InChI=1S/C18H30O4Si/c1-17(2,3)23(6,7)22-15-10-8-14(9-11-15)19-12-16-13-20-18(4,5)21-16/h8-11,16H,12-13H2,1-7H3. The lowest BCUT2D eigenvalue weighted by atomic mass is 10.2. The molecule has 130 valence electrons. The monoisotopic (exact) mass is 338 g/mol. The van der Waals surface area contributed by atoms with Crippen LogP contribution in [0.15, 0.2) is 24.3 Å². The van der Waals surface area contributed by atoms with Gasteiger partial charge >= 0.3 is 0 Å². The van der Waals surface area contributed by atoms with Crippen LogP contribution in [-0.2, 0) is 9.47 Å². The molecule has 1 aromatic carbocycles. The second-order valence-electron chi connectivity index (χ2n) is 8.10. The first kappa shape index (κ1) is 18.3. The minimum Gasteiger partial charge on any atom is -0.543 e. The van der Waals surface area contributed by atoms with Gasteiger partial charge in [-0.3, -0.25) is 0 Å². The van der Waals surface area contributed by atoms with Crippen LogP contribution in [0.1, 0.15) is 34.6 Å². The van der Waals surface area contributed by atoms with Crippen LogP contribution < -0.4 is 9.16 Å². The van der Waals surface area contributed by atoms with Gasteiger partial charge in [-0.1, -0.05) is 20.8 Å². The van der Waals surface area contributed by atoms with Gasteiger partial charge in [0.05, 0.1) is 6.61 Å². The van der Waals surface area contributed by atoms with Gasteiger partial charge in [0, 0.05) is 0 Å². The maximum atomic E-state index is 6.27. The van der Waals surface area contributed by atoms with E-state index >= 15 is 0 Å². The van der Waals surface area contributed by atoms with Crippen LogP contribution in [-0.4, -0.2) is 33.4 Å². The van der Waals surface area contributed by atoms with E-state index in [0.717, 1.165) is 11.5 Å². The molecule has 0 aliphatic carbocycles. The number of ether oxygens (including phenoxy) is 3. The molecular formula is C18H30O4Si. The normalized spacial score (nSPS) is 21.3. The fourth-order valence-electron chi connectivity index (χ4n) is 2.09. The third-order valence-corrected chi connectivity index (χ3v) is 8.86. The molecule has 0 radical (unpaired) electrons. The second kappa shape index (κ2) is 6.46. The van der Waals surface area contributed by atoms with E-state index in [2.05, 4.69) is 33.9 Å². The Kier molecular flexibility index (Phi) is 5.14. The Labute approximate surface area is 141 Å². The lowest BCUT2D eigenvalue weighted by molar-refractivity contribution is -0.141. The van der Waals surface area contributed by atoms with Crippen LogP contribution in [0.4, 0.5) is 0 Å². The Hall–Kier alpha value is -1.04. The van der Waals surface area contributed by atoms with Gasteiger partial charge in [0.25, 0.3) is 0 Å². The maximum absolute atomic E-state index is 6.27. The lowest BCUT2D eigenvalue weighted by Crippen LogP contribution is -2.43. The third kappa shape index (κ3) is 4.96. The molecule has 1 unspecified atom stereocenters. The molecule has 1 aliphatic heterocycles. The highest BCUT2D eigenvalue weighted by Crippen LogP contribution is 2.37. The molecule has 1 heterocycles. The fourth-order valence-corrected chi connectivity index (χ4v) is 3.12. The SMILES string of the molecule is CC1(C)OCC(COc2ccc(O[Si](C)(C)C(C)(C)C)cc2)O1. The molecule has 0 bridgehead atoms. The van der Waals surface area contributed by atoms with Crippen molar-refractivity contribution in [3.05, 3.63) is 24.3 Å². The van der Waals surface area contributed by atoms with E-state index in [4.69, 9.17) is 18.6 Å². The zero-order valence-electron chi connectivity index (χ0n) is 15.4. The summed E-state index contributed by atoms with van der Waals surface area (Å²) in [5, 5.41) is 0.189. The van der Waals surface area contributed by atoms with E-state index in [1.54, 1.807) is 0 Å². The smallest absolute Gasteiger partial charge is 0.250 e. The van der Waals surface area contributed by atoms with Crippen molar-refractivity contribution >= 4 is 8.32 Å². The second-order valence-corrected chi connectivity index (χ2v) is 12.8. The number of rotatable bonds is 5. The fraction of sp³-hybridized carbons (Fsp3) is 0.667. The minimum absolute atomic E-state index is 0.0202. The summed E-state index contributed by atoms with van der Waals surface area (Å²) < 4.78 is 23.3. The summed E-state index contributed by atoms with van der Waals surface area (Å²) in [4.78, 5) is 0. The predicted octanol–water partition coefficient (Wildman–Crippen LogP) is 4.60. The molecule has 1 aromatic rings. The van der Waals surface area contributed by atoms with E-state index in [1.165, 1.54) is 0 Å². The van der Waals surface area contributed by atoms with Gasteiger partial charge in [-0.05, 0) is 56.2 Å². The Morgan fingerprint density at radius 2 is 1.70 bits per heavy atom. The van der Waals surface area contributed by atoms with Crippen molar-refractivity contribution in [2.24, 2.45) is 0 Å². The van der Waals surface area contributed by atoms with Crippen molar-refractivity contribution < 1.29 is 18.6 Å². The van der Waals surface area contributed by atoms with Gasteiger partial charge in [0.15, 0.2) is 5.79 Å². The summed E-state index contributed by atoms with van der Waals surface area (Å²) >= 11 is 0. The average Bonchev–Trinajstić information content (AvgIpc) is 2.76. The molecule has 0 amide bonds. The summed E-state index contributed by atoms with van der Waals surface area (Å²) in [7, 11) is -1.80. The molecule has 0 aromatic heterocycles. The van der Waals surface area contributed by atoms with Crippen molar-refractivity contribution in [1.82, 2.24) is 0 Å². The first-order chi connectivity index (χ1) is 10.5. The Morgan fingerprint density at radius 3 is 2.17 bits per heavy atom. The van der Waals surface area contributed by atoms with E-state index in [9.17, 15) is 0 Å². The van der Waals surface area contributed by atoms with Crippen molar-refractivity contribution in [2.45, 2.75) is 64.6 Å². The van der Waals surface area contributed by atoms with Crippen molar-refractivity contribution in [2.75, 3.05) is 13.2 Å². The molecule has 0 saturated carbocycles. The summed E-state index contributed by atoms with van der Waals surface area (Å²) in [6.45, 7) is 16.1. The molecule has 1 saturated heterocycles. The van der Waals surface area contributed by atoms with Crippen molar-refractivity contribution in [3.63, 3.8) is 0 Å². The number of benzene rings is 1. The summed E-state index contributed by atoms with van der Waals surface area (Å²) in [6.07, 6.45) is -0.0202. The molecule has 1 atom stereocenters. The Balaban J connectivity index is 1.88. The van der Waals surface area contributed by atoms with Crippen molar-refractivity contribution in [3.8, 4) is 11.5 Å². The maximum Gasteiger partial charge on any atom is 0.250 e. The van der Waals surface area contributed by atoms with E-state index in [-0.39, 0.29) is 11.1 Å². The quantitative estimate of drug-likeness (QED) is 0.735. The number of hydrogen-bond donors (Lipinski definition) is 0. The van der Waals surface area contributed by atoms with Crippen LogP contribution in [0, 0.1) is 0 Å². The van der Waals surface area contributed by atoms with Gasteiger partial charge < -0.3 is 18.6 Å². The molecule has 1 aliphatic rings. The zero-order valence-corrected chi connectivity index (χ0v) is 16.4. The van der Waals surface area contributed by atoms with Crippen LogP contribution in [0.2, 0.25) is 18.1 Å². The zero-order chi connectivity index (χ0) is 17.3. The Bertz CT molecular complexity index is 517. The van der Waals surface area contributed by atoms with Crippen molar-refractivity contribution in [1.29, 1.82) is 0 Å². The van der Waals surface area contributed by atoms with E-state index in [1.807, 2.05) is 38.1 Å². The first-order valence-electron chi connectivity index (χ1n) is 8.22. The van der Waals surface area contributed by atoms with Crippen LogP contribution in [0.25, 0.3) is 0 Å². The van der Waals surface area contributed by atoms with Crippen LogP contribution >= 0.6 is 0 Å². The van der Waals surface area contributed by atoms with Gasteiger partial charge in [0.1, 0.15) is 24.2 Å². The summed E-state index contributed by atoms with van der Waals surface area (Å²) in [5.41, 5.74) is 0. The molecule has 0 N–H and O–H groups in total. The molecule has 4 nitrogen and oxygen atoms in total. The number of hydrogen-bond acceptors (Lipinski definition) is 4. The average molecular weight is 339 g/mol. The van der Waals surface area contributed by atoms with Gasteiger partial charge in [-0.25, -0.2) is 0 Å². The Morgan fingerprint density at radius 1 is 1.13 bits per heavy atom. The summed E-state index contributed by atoms with van der Waals surface area (Å²) in [6, 6.07) is 7.85. The minimum atomic E-state index is -1.80. The van der Waals surface area contributed by atoms with Gasteiger partial charge in [0.2, 0.25) is 8.32 Å². The third-order valence-electron chi connectivity index (χ3n) is 4.51. The highest BCUT2D eigenvalue weighted by molar-refractivity contribution is 6.74. The largest absolute Gasteiger partial charge is 0.543 e. The molecule has 2 rings (SSSR count). The highest BCUT2D eigenvalue weighted by atomic mass is 28.4. The van der Waals surface area contributed by atoms with E-state index < -0.39 is 14.1 Å². The lowest BCUT2D eigenvalue weighted by Gasteiger charge is -2.36. The molecule has 1 fully saturated rings. The highest BCUT2D eigenvalue weighted by Gasteiger charge is 2.39. The van der Waals surface area contributed by atoms with E-state index in [0.29, 0.717) is 13.2 Å². The molecule has 23 heavy (non-hydrogen) atoms.